The molecule has 0 aliphatic rings. The number of hydrogen-bond acceptors (Lipinski definition) is 3. The fourth-order valence-corrected chi connectivity index (χ4v) is 1.66. The quantitative estimate of drug-likeness (QED) is 0.713. The average Bonchev–Trinajstić information content (AvgIpc) is 2.38. The second-order valence-electron chi connectivity index (χ2n) is 4.13. The highest BCUT2D eigenvalue weighted by molar-refractivity contribution is 5.80. The molecule has 1 atom stereocenters. The Morgan fingerprint density at radius 3 is 2.84 bits per heavy atom. The molecule has 0 saturated heterocycles. The molecule has 0 aliphatic heterocycles. The molecule has 0 bridgehead atoms. The number of hydrogen-bond donors (Lipinski definition) is 2. The Morgan fingerprint density at radius 1 is 1.53 bits per heavy atom. The second kappa shape index (κ2) is 7.35. The van der Waals surface area contributed by atoms with E-state index in [9.17, 15) is 14.0 Å². The molecule has 1 aromatic carbocycles. The monoisotopic (exact) mass is 268 g/mol. The van der Waals surface area contributed by atoms with Gasteiger partial charge in [0.1, 0.15) is 11.6 Å². The van der Waals surface area contributed by atoms with Gasteiger partial charge in [0, 0.05) is 12.1 Å². The van der Waals surface area contributed by atoms with Crippen LogP contribution >= 0.6 is 0 Å². The van der Waals surface area contributed by atoms with Crippen molar-refractivity contribution in [3.05, 3.63) is 29.6 Å². The van der Waals surface area contributed by atoms with E-state index in [1.807, 2.05) is 0 Å². The minimum absolute atomic E-state index is 0.0844. The average molecular weight is 268 g/mol. The maximum atomic E-state index is 13.7. The van der Waals surface area contributed by atoms with E-state index in [-0.39, 0.29) is 24.3 Å². The molecule has 19 heavy (non-hydrogen) atoms. The Balaban J connectivity index is 2.54. The molecule has 0 spiro atoms. The van der Waals surface area contributed by atoms with Gasteiger partial charge in [-0.25, -0.2) is 4.39 Å². The van der Waals surface area contributed by atoms with Crippen molar-refractivity contribution in [2.75, 3.05) is 13.7 Å². The molecular weight excluding hydrogens is 251 g/mol. The van der Waals surface area contributed by atoms with Gasteiger partial charge in [0.15, 0.2) is 0 Å². The first-order valence-corrected chi connectivity index (χ1v) is 5.85. The number of carbonyl (C=O) groups is 2. The Hall–Kier alpha value is -2.11. The summed E-state index contributed by atoms with van der Waals surface area (Å²) in [5, 5.41) is 4.92. The summed E-state index contributed by atoms with van der Waals surface area (Å²) >= 11 is 0. The van der Waals surface area contributed by atoms with Crippen LogP contribution in [0.3, 0.4) is 0 Å². The van der Waals surface area contributed by atoms with Crippen molar-refractivity contribution in [3.63, 3.8) is 0 Å². The SMILES string of the molecule is COc1ccc(CC(C)NC(=O)CNC=O)c(F)c1. The van der Waals surface area contributed by atoms with Gasteiger partial charge in [-0.15, -0.1) is 0 Å². The van der Waals surface area contributed by atoms with E-state index in [2.05, 4.69) is 10.6 Å². The highest BCUT2D eigenvalue weighted by Crippen LogP contribution is 2.17. The maximum Gasteiger partial charge on any atom is 0.239 e. The molecule has 0 radical (unpaired) electrons. The van der Waals surface area contributed by atoms with Crippen LogP contribution in [0.1, 0.15) is 12.5 Å². The molecule has 1 unspecified atom stereocenters. The Kier molecular flexibility index (Phi) is 5.78. The number of nitrogens with one attached hydrogen (secondary N) is 2. The highest BCUT2D eigenvalue weighted by Gasteiger charge is 2.11. The number of benzene rings is 1. The molecule has 1 aromatic rings. The molecule has 0 aliphatic carbocycles. The van der Waals surface area contributed by atoms with E-state index in [1.54, 1.807) is 19.1 Å². The minimum Gasteiger partial charge on any atom is -0.497 e. The lowest BCUT2D eigenvalue weighted by atomic mass is 10.1. The van der Waals surface area contributed by atoms with Crippen molar-refractivity contribution in [2.24, 2.45) is 0 Å². The summed E-state index contributed by atoms with van der Waals surface area (Å²) in [4.78, 5) is 21.4. The molecule has 2 amide bonds. The molecule has 5 nitrogen and oxygen atoms in total. The zero-order valence-electron chi connectivity index (χ0n) is 10.9. The fraction of sp³-hybridized carbons (Fsp3) is 0.385. The normalized spacial score (nSPS) is 11.5. The summed E-state index contributed by atoms with van der Waals surface area (Å²) in [6.07, 6.45) is 0.816. The zero-order chi connectivity index (χ0) is 14.3. The van der Waals surface area contributed by atoms with Crippen LogP contribution in [0.4, 0.5) is 4.39 Å². The predicted molar refractivity (Wildman–Crippen MR) is 68.3 cm³/mol. The van der Waals surface area contributed by atoms with Crippen LogP contribution in [0.2, 0.25) is 0 Å². The summed E-state index contributed by atoms with van der Waals surface area (Å²) in [5.74, 6) is -0.229. The van der Waals surface area contributed by atoms with E-state index >= 15 is 0 Å². The lowest BCUT2D eigenvalue weighted by Crippen LogP contribution is -2.39. The van der Waals surface area contributed by atoms with Crippen molar-refractivity contribution >= 4 is 12.3 Å². The van der Waals surface area contributed by atoms with Gasteiger partial charge >= 0.3 is 0 Å². The first-order chi connectivity index (χ1) is 9.06. The van der Waals surface area contributed by atoms with E-state index in [4.69, 9.17) is 4.74 Å². The van der Waals surface area contributed by atoms with Gasteiger partial charge in [-0.3, -0.25) is 9.59 Å². The Bertz CT molecular complexity index is 452. The van der Waals surface area contributed by atoms with Gasteiger partial charge in [0.05, 0.1) is 13.7 Å². The summed E-state index contributed by atoms with van der Waals surface area (Å²) < 4.78 is 18.6. The van der Waals surface area contributed by atoms with Gasteiger partial charge in [0.2, 0.25) is 12.3 Å². The largest absolute Gasteiger partial charge is 0.497 e. The van der Waals surface area contributed by atoms with Crippen LogP contribution in [-0.4, -0.2) is 32.0 Å². The molecule has 0 fully saturated rings. The molecule has 0 saturated carbocycles. The predicted octanol–water partition coefficient (Wildman–Crippen LogP) is 0.627. The van der Waals surface area contributed by atoms with Crippen LogP contribution in [0.15, 0.2) is 18.2 Å². The smallest absolute Gasteiger partial charge is 0.239 e. The zero-order valence-corrected chi connectivity index (χ0v) is 10.9. The third-order valence-corrected chi connectivity index (χ3v) is 2.54. The van der Waals surface area contributed by atoms with Gasteiger partial charge in [-0.05, 0) is 25.0 Å². The van der Waals surface area contributed by atoms with E-state index in [0.717, 1.165) is 0 Å². The maximum absolute atomic E-state index is 13.7. The first-order valence-electron chi connectivity index (χ1n) is 5.85. The van der Waals surface area contributed by atoms with Crippen molar-refractivity contribution in [1.29, 1.82) is 0 Å². The molecule has 104 valence electrons. The second-order valence-corrected chi connectivity index (χ2v) is 4.13. The van der Waals surface area contributed by atoms with Crippen LogP contribution in [0.25, 0.3) is 0 Å². The summed E-state index contributed by atoms with van der Waals surface area (Å²) in [6.45, 7) is 1.68. The molecule has 1 rings (SSSR count). The Morgan fingerprint density at radius 2 is 2.26 bits per heavy atom. The topological polar surface area (TPSA) is 67.4 Å². The first kappa shape index (κ1) is 14.9. The highest BCUT2D eigenvalue weighted by atomic mass is 19.1. The number of amides is 2. The Labute approximate surface area is 111 Å². The number of carbonyl (C=O) groups excluding carboxylic acids is 2. The van der Waals surface area contributed by atoms with Crippen LogP contribution in [0.5, 0.6) is 5.75 Å². The van der Waals surface area contributed by atoms with Gasteiger partial charge in [-0.2, -0.15) is 0 Å². The number of ether oxygens (including phenoxy) is 1. The van der Waals surface area contributed by atoms with Crippen LogP contribution in [-0.2, 0) is 16.0 Å². The van der Waals surface area contributed by atoms with Gasteiger partial charge in [-0.1, -0.05) is 6.07 Å². The lowest BCUT2D eigenvalue weighted by molar-refractivity contribution is -0.122. The molecule has 0 heterocycles. The third kappa shape index (κ3) is 4.95. The van der Waals surface area contributed by atoms with E-state index in [0.29, 0.717) is 24.1 Å². The summed E-state index contributed by atoms with van der Waals surface area (Å²) in [7, 11) is 1.47. The standard InChI is InChI=1S/C13H17FN2O3/c1-9(16-13(18)7-15-8-17)5-10-3-4-11(19-2)6-12(10)14/h3-4,6,8-9H,5,7H2,1-2H3,(H,15,17)(H,16,18). The van der Waals surface area contributed by atoms with Crippen molar-refractivity contribution in [2.45, 2.75) is 19.4 Å². The molecule has 6 heteroatoms. The van der Waals surface area contributed by atoms with Crippen molar-refractivity contribution in [3.8, 4) is 5.75 Å². The molecule has 0 aromatic heterocycles. The minimum atomic E-state index is -0.369. The molecular formula is C13H17FN2O3. The summed E-state index contributed by atoms with van der Waals surface area (Å²) in [6, 6.07) is 4.36. The van der Waals surface area contributed by atoms with E-state index < -0.39 is 0 Å². The molecule has 2 N–H and O–H groups in total. The summed E-state index contributed by atoms with van der Waals surface area (Å²) in [5.41, 5.74) is 0.497. The van der Waals surface area contributed by atoms with Crippen LogP contribution in [0, 0.1) is 5.82 Å². The fourth-order valence-electron chi connectivity index (χ4n) is 1.66. The van der Waals surface area contributed by atoms with Gasteiger partial charge in [0.25, 0.3) is 0 Å². The third-order valence-electron chi connectivity index (χ3n) is 2.54. The van der Waals surface area contributed by atoms with Crippen molar-refractivity contribution in [1.82, 2.24) is 10.6 Å². The van der Waals surface area contributed by atoms with Crippen LogP contribution < -0.4 is 15.4 Å². The van der Waals surface area contributed by atoms with Gasteiger partial charge < -0.3 is 15.4 Å². The van der Waals surface area contributed by atoms with E-state index in [1.165, 1.54) is 13.2 Å². The number of halogens is 1. The lowest BCUT2D eigenvalue weighted by Gasteiger charge is -2.14. The number of methoxy groups -OCH3 is 1. The number of rotatable bonds is 7. The van der Waals surface area contributed by atoms with Crippen molar-refractivity contribution < 1.29 is 18.7 Å².